The summed E-state index contributed by atoms with van der Waals surface area (Å²) in [6.07, 6.45) is 0.686. The highest BCUT2D eigenvalue weighted by molar-refractivity contribution is 5.95. The van der Waals surface area contributed by atoms with Crippen LogP contribution in [0, 0.1) is 11.7 Å². The van der Waals surface area contributed by atoms with Crippen molar-refractivity contribution in [2.45, 2.75) is 32.7 Å². The molecule has 1 aromatic rings. The van der Waals surface area contributed by atoms with Crippen LogP contribution in [0.25, 0.3) is 0 Å². The van der Waals surface area contributed by atoms with E-state index in [-0.39, 0.29) is 30.1 Å². The predicted molar refractivity (Wildman–Crippen MR) is 85.4 cm³/mol. The molecule has 126 valence electrons. The Morgan fingerprint density at radius 1 is 1.30 bits per heavy atom. The first-order valence-corrected chi connectivity index (χ1v) is 7.72. The molecule has 1 N–H and O–H groups in total. The van der Waals surface area contributed by atoms with Crippen LogP contribution < -0.4 is 5.32 Å². The van der Waals surface area contributed by atoms with Gasteiger partial charge in [-0.05, 0) is 51.5 Å². The van der Waals surface area contributed by atoms with E-state index >= 15 is 0 Å². The van der Waals surface area contributed by atoms with Gasteiger partial charge in [0.05, 0.1) is 12.5 Å². The normalized spacial score (nSPS) is 17.8. The molecule has 1 aliphatic heterocycles. The van der Waals surface area contributed by atoms with Crippen LogP contribution in [0.1, 0.15) is 27.2 Å². The topological polar surface area (TPSA) is 58.6 Å². The van der Waals surface area contributed by atoms with E-state index in [0.717, 1.165) is 0 Å². The van der Waals surface area contributed by atoms with Gasteiger partial charge in [0.25, 0.3) is 0 Å². The first-order valence-electron chi connectivity index (χ1n) is 7.72. The van der Waals surface area contributed by atoms with Gasteiger partial charge in [0.15, 0.2) is 0 Å². The molecular weight excluding hydrogens is 299 g/mol. The summed E-state index contributed by atoms with van der Waals surface area (Å²) < 4.78 is 18.2. The van der Waals surface area contributed by atoms with Crippen molar-refractivity contribution in [1.29, 1.82) is 0 Å². The van der Waals surface area contributed by atoms with E-state index in [1.54, 1.807) is 4.90 Å². The molecule has 1 aromatic carbocycles. The summed E-state index contributed by atoms with van der Waals surface area (Å²) in [6.45, 7) is 6.63. The van der Waals surface area contributed by atoms with Gasteiger partial charge in [-0.1, -0.05) is 0 Å². The molecule has 0 aliphatic carbocycles. The molecule has 6 heteroatoms. The van der Waals surface area contributed by atoms with Gasteiger partial charge in [0.1, 0.15) is 12.4 Å². The number of benzene rings is 1. The van der Waals surface area contributed by atoms with Crippen molar-refractivity contribution in [3.05, 3.63) is 30.1 Å². The molecule has 1 aliphatic rings. The third kappa shape index (κ3) is 4.76. The Morgan fingerprint density at radius 3 is 2.48 bits per heavy atom. The number of nitrogens with zero attached hydrogens (tertiary/aromatic N) is 1. The van der Waals surface area contributed by atoms with Crippen molar-refractivity contribution < 1.29 is 18.7 Å². The smallest absolute Gasteiger partial charge is 0.244 e. The minimum absolute atomic E-state index is 0.0454. The van der Waals surface area contributed by atoms with Crippen LogP contribution in [0.4, 0.5) is 10.1 Å². The molecule has 23 heavy (non-hydrogen) atoms. The van der Waals surface area contributed by atoms with Crippen molar-refractivity contribution in [2.75, 3.05) is 25.1 Å². The van der Waals surface area contributed by atoms with Crippen LogP contribution in [0.3, 0.4) is 0 Å². The molecule has 1 fully saturated rings. The van der Waals surface area contributed by atoms with E-state index in [9.17, 15) is 14.0 Å². The number of ether oxygens (including phenoxy) is 1. The van der Waals surface area contributed by atoms with E-state index in [2.05, 4.69) is 5.32 Å². The Bertz CT molecular complexity index is 560. The maximum absolute atomic E-state index is 12.9. The van der Waals surface area contributed by atoms with Crippen LogP contribution in [0.5, 0.6) is 0 Å². The first kappa shape index (κ1) is 17.4. The van der Waals surface area contributed by atoms with Crippen LogP contribution in [-0.4, -0.2) is 42.0 Å². The zero-order chi connectivity index (χ0) is 17.0. The van der Waals surface area contributed by atoms with Gasteiger partial charge in [-0.15, -0.1) is 0 Å². The Hall–Kier alpha value is -1.95. The summed E-state index contributed by atoms with van der Waals surface area (Å²) in [6, 6.07) is 5.53. The van der Waals surface area contributed by atoms with Crippen molar-refractivity contribution in [3.63, 3.8) is 0 Å². The van der Waals surface area contributed by atoms with Crippen molar-refractivity contribution >= 4 is 17.5 Å². The number of hydrogen-bond donors (Lipinski definition) is 1. The highest BCUT2D eigenvalue weighted by Gasteiger charge is 2.34. The molecule has 1 atom stereocenters. The van der Waals surface area contributed by atoms with Gasteiger partial charge in [-0.25, -0.2) is 4.39 Å². The zero-order valence-corrected chi connectivity index (χ0v) is 13.8. The lowest BCUT2D eigenvalue weighted by Gasteiger charge is -2.36. The molecule has 0 spiro atoms. The van der Waals surface area contributed by atoms with Crippen molar-refractivity contribution in [3.8, 4) is 0 Å². The molecule has 0 radical (unpaired) electrons. The van der Waals surface area contributed by atoms with E-state index in [1.165, 1.54) is 24.3 Å². The van der Waals surface area contributed by atoms with Crippen molar-refractivity contribution in [2.24, 2.45) is 5.92 Å². The summed E-state index contributed by atoms with van der Waals surface area (Å²) in [4.78, 5) is 26.5. The second-order valence-corrected chi connectivity index (χ2v) is 6.71. The van der Waals surface area contributed by atoms with Crippen molar-refractivity contribution in [1.82, 2.24) is 4.90 Å². The summed E-state index contributed by atoms with van der Waals surface area (Å²) in [5.74, 6) is -0.924. The van der Waals surface area contributed by atoms with Gasteiger partial charge >= 0.3 is 0 Å². The third-order valence-electron chi connectivity index (χ3n) is 3.78. The Kier molecular flexibility index (Phi) is 5.36. The third-order valence-corrected chi connectivity index (χ3v) is 3.78. The second-order valence-electron chi connectivity index (χ2n) is 6.71. The van der Waals surface area contributed by atoms with Gasteiger partial charge < -0.3 is 15.0 Å². The fourth-order valence-electron chi connectivity index (χ4n) is 2.47. The quantitative estimate of drug-likeness (QED) is 0.926. The predicted octanol–water partition coefficient (Wildman–Crippen LogP) is 2.43. The summed E-state index contributed by atoms with van der Waals surface area (Å²) in [5.41, 5.74) is 0.0294. The number of amides is 2. The van der Waals surface area contributed by atoms with E-state index in [0.29, 0.717) is 25.3 Å². The summed E-state index contributed by atoms with van der Waals surface area (Å²) >= 11 is 0. The summed E-state index contributed by atoms with van der Waals surface area (Å²) in [7, 11) is 0. The first-order chi connectivity index (χ1) is 10.8. The highest BCUT2D eigenvalue weighted by atomic mass is 19.1. The average molecular weight is 322 g/mol. The zero-order valence-electron chi connectivity index (χ0n) is 13.8. The molecule has 5 nitrogen and oxygen atoms in total. The molecule has 0 bridgehead atoms. The second kappa shape index (κ2) is 7.08. The minimum atomic E-state index is -0.472. The lowest BCUT2D eigenvalue weighted by Crippen LogP contribution is -2.51. The molecule has 0 saturated carbocycles. The number of carbonyl (C=O) groups is 2. The van der Waals surface area contributed by atoms with Gasteiger partial charge in [0, 0.05) is 17.8 Å². The van der Waals surface area contributed by atoms with Crippen LogP contribution in [0.15, 0.2) is 24.3 Å². The molecular formula is C17H23FN2O3. The molecule has 0 unspecified atom stereocenters. The minimum Gasteiger partial charge on any atom is -0.381 e. The molecule has 1 heterocycles. The number of carbonyl (C=O) groups excluding carboxylic acids is 2. The maximum atomic E-state index is 12.9. The number of hydrogen-bond acceptors (Lipinski definition) is 3. The average Bonchev–Trinajstić information content (AvgIpc) is 2.99. The number of rotatable bonds is 4. The van der Waals surface area contributed by atoms with Crippen LogP contribution >= 0.6 is 0 Å². The molecule has 1 saturated heterocycles. The maximum Gasteiger partial charge on any atom is 0.244 e. The van der Waals surface area contributed by atoms with Crippen LogP contribution in [-0.2, 0) is 14.3 Å². The fourth-order valence-corrected chi connectivity index (χ4v) is 2.47. The van der Waals surface area contributed by atoms with Gasteiger partial charge in [-0.3, -0.25) is 9.59 Å². The summed E-state index contributed by atoms with van der Waals surface area (Å²) in [5, 5.41) is 2.69. The van der Waals surface area contributed by atoms with Crippen LogP contribution in [0.2, 0.25) is 0 Å². The van der Waals surface area contributed by atoms with Gasteiger partial charge in [-0.2, -0.15) is 0 Å². The lowest BCUT2D eigenvalue weighted by atomic mass is 10.0. The van der Waals surface area contributed by atoms with E-state index < -0.39 is 5.54 Å². The Labute approximate surface area is 135 Å². The van der Waals surface area contributed by atoms with E-state index in [4.69, 9.17) is 4.74 Å². The molecule has 2 amide bonds. The number of anilines is 1. The number of nitrogens with one attached hydrogen (secondary N) is 1. The highest BCUT2D eigenvalue weighted by Crippen LogP contribution is 2.22. The van der Waals surface area contributed by atoms with E-state index in [1.807, 2.05) is 20.8 Å². The fraction of sp³-hybridized carbons (Fsp3) is 0.529. The molecule has 0 aromatic heterocycles. The monoisotopic (exact) mass is 322 g/mol. The standard InChI is InChI=1S/C17H23FN2O3/c1-17(2,3)20(16(22)12-8-9-23-11-12)10-15(21)19-14-6-4-13(18)5-7-14/h4-7,12H,8-11H2,1-3H3,(H,19,21)/t12-/m1/s1. The number of halogens is 1. The largest absolute Gasteiger partial charge is 0.381 e. The lowest BCUT2D eigenvalue weighted by molar-refractivity contribution is -0.143. The molecule has 2 rings (SSSR count). The SMILES string of the molecule is CC(C)(C)N(CC(=O)Nc1ccc(F)cc1)C(=O)[C@@H]1CCOC1. The van der Waals surface area contributed by atoms with Gasteiger partial charge in [0.2, 0.25) is 11.8 Å². The Balaban J connectivity index is 2.03. The Morgan fingerprint density at radius 2 is 1.96 bits per heavy atom.